The standard InChI is InChI=1S/C18H25N3O/c1-2-15(17-11-14-5-3-4-6-16(14)22-17)21-9-7-18(8-10-21)12-19-13-20-18/h2-6,15,17,19-20H,1,7-13H2. The van der Waals surface area contributed by atoms with Crippen LogP contribution < -0.4 is 15.4 Å². The first-order chi connectivity index (χ1) is 10.8. The van der Waals surface area contributed by atoms with Gasteiger partial charge in [-0.1, -0.05) is 24.3 Å². The molecular weight excluding hydrogens is 274 g/mol. The molecule has 1 spiro atoms. The van der Waals surface area contributed by atoms with Crippen LogP contribution in [0.3, 0.4) is 0 Å². The van der Waals surface area contributed by atoms with Crippen molar-refractivity contribution in [2.45, 2.75) is 36.9 Å². The van der Waals surface area contributed by atoms with Gasteiger partial charge in [-0.25, -0.2) is 0 Å². The van der Waals surface area contributed by atoms with Crippen LogP contribution >= 0.6 is 0 Å². The van der Waals surface area contributed by atoms with Crippen molar-refractivity contribution in [3.8, 4) is 5.75 Å². The summed E-state index contributed by atoms with van der Waals surface area (Å²) < 4.78 is 6.19. The third kappa shape index (κ3) is 2.45. The summed E-state index contributed by atoms with van der Waals surface area (Å²) in [5.74, 6) is 1.05. The van der Waals surface area contributed by atoms with E-state index in [-0.39, 0.29) is 6.10 Å². The highest BCUT2D eigenvalue weighted by Gasteiger charge is 2.40. The lowest BCUT2D eigenvalue weighted by molar-refractivity contribution is 0.0687. The Morgan fingerprint density at radius 2 is 2.14 bits per heavy atom. The van der Waals surface area contributed by atoms with Gasteiger partial charge >= 0.3 is 0 Å². The van der Waals surface area contributed by atoms with Gasteiger partial charge in [0.2, 0.25) is 0 Å². The van der Waals surface area contributed by atoms with Gasteiger partial charge in [0, 0.05) is 38.3 Å². The van der Waals surface area contributed by atoms with E-state index in [2.05, 4.69) is 46.4 Å². The quantitative estimate of drug-likeness (QED) is 0.830. The fourth-order valence-corrected chi connectivity index (χ4v) is 4.15. The lowest BCUT2D eigenvalue weighted by atomic mass is 9.87. The second-order valence-corrected chi connectivity index (χ2v) is 6.79. The van der Waals surface area contributed by atoms with Crippen LogP contribution in [0.1, 0.15) is 18.4 Å². The van der Waals surface area contributed by atoms with Gasteiger partial charge in [0.15, 0.2) is 0 Å². The highest BCUT2D eigenvalue weighted by Crippen LogP contribution is 2.33. The Labute approximate surface area is 132 Å². The first-order valence-electron chi connectivity index (χ1n) is 8.37. The van der Waals surface area contributed by atoms with E-state index in [0.29, 0.717) is 11.6 Å². The average Bonchev–Trinajstić information content (AvgIpc) is 3.17. The molecule has 4 nitrogen and oxygen atoms in total. The Morgan fingerprint density at radius 1 is 1.32 bits per heavy atom. The number of benzene rings is 1. The van der Waals surface area contributed by atoms with Gasteiger partial charge in [0.05, 0.1) is 6.04 Å². The molecule has 118 valence electrons. The summed E-state index contributed by atoms with van der Waals surface area (Å²) in [5.41, 5.74) is 1.65. The second kappa shape index (κ2) is 5.69. The lowest BCUT2D eigenvalue weighted by Crippen LogP contribution is -2.56. The van der Waals surface area contributed by atoms with E-state index in [1.165, 1.54) is 18.4 Å². The minimum atomic E-state index is 0.207. The number of likely N-dealkylation sites (tertiary alicyclic amines) is 1. The molecule has 0 saturated carbocycles. The van der Waals surface area contributed by atoms with E-state index in [1.807, 2.05) is 6.07 Å². The van der Waals surface area contributed by atoms with Crippen LogP contribution in [0.2, 0.25) is 0 Å². The molecule has 0 bridgehead atoms. The number of ether oxygens (including phenoxy) is 1. The number of hydrogen-bond donors (Lipinski definition) is 2. The summed E-state index contributed by atoms with van der Waals surface area (Å²) in [7, 11) is 0. The summed E-state index contributed by atoms with van der Waals surface area (Å²) in [6.45, 7) is 8.36. The maximum absolute atomic E-state index is 6.19. The van der Waals surface area contributed by atoms with Gasteiger partial charge in [0.1, 0.15) is 11.9 Å². The molecule has 2 unspecified atom stereocenters. The van der Waals surface area contributed by atoms with Crippen molar-refractivity contribution in [2.75, 3.05) is 26.3 Å². The Hall–Kier alpha value is -1.36. The van der Waals surface area contributed by atoms with Gasteiger partial charge in [-0.2, -0.15) is 0 Å². The van der Waals surface area contributed by atoms with E-state index < -0.39 is 0 Å². The van der Waals surface area contributed by atoms with Crippen molar-refractivity contribution in [1.82, 2.24) is 15.5 Å². The first-order valence-corrected chi connectivity index (χ1v) is 8.37. The molecule has 2 saturated heterocycles. The summed E-state index contributed by atoms with van der Waals surface area (Å²) in [6.07, 6.45) is 5.68. The Balaban J connectivity index is 1.42. The van der Waals surface area contributed by atoms with Crippen molar-refractivity contribution in [3.63, 3.8) is 0 Å². The molecule has 1 aromatic rings. The third-order valence-electron chi connectivity index (χ3n) is 5.52. The van der Waals surface area contributed by atoms with Crippen LogP contribution in [0.5, 0.6) is 5.75 Å². The molecule has 1 aromatic carbocycles. The topological polar surface area (TPSA) is 36.5 Å². The molecule has 3 aliphatic rings. The van der Waals surface area contributed by atoms with Gasteiger partial charge in [-0.15, -0.1) is 6.58 Å². The largest absolute Gasteiger partial charge is 0.488 e. The minimum absolute atomic E-state index is 0.207. The highest BCUT2D eigenvalue weighted by atomic mass is 16.5. The fourth-order valence-electron chi connectivity index (χ4n) is 4.15. The number of hydrogen-bond acceptors (Lipinski definition) is 4. The van der Waals surface area contributed by atoms with E-state index >= 15 is 0 Å². The molecule has 0 radical (unpaired) electrons. The Morgan fingerprint density at radius 3 is 2.82 bits per heavy atom. The van der Waals surface area contributed by atoms with E-state index in [0.717, 1.165) is 38.5 Å². The molecule has 0 aromatic heterocycles. The van der Waals surface area contributed by atoms with Gasteiger partial charge in [-0.05, 0) is 24.5 Å². The third-order valence-corrected chi connectivity index (χ3v) is 5.52. The van der Waals surface area contributed by atoms with Crippen molar-refractivity contribution < 1.29 is 4.74 Å². The Kier molecular flexibility index (Phi) is 3.68. The van der Waals surface area contributed by atoms with Crippen LogP contribution in [0, 0.1) is 0 Å². The molecule has 4 rings (SSSR count). The van der Waals surface area contributed by atoms with Crippen LogP contribution in [-0.2, 0) is 6.42 Å². The van der Waals surface area contributed by atoms with Gasteiger partial charge in [-0.3, -0.25) is 10.2 Å². The van der Waals surface area contributed by atoms with Crippen LogP contribution in [0.4, 0.5) is 0 Å². The molecule has 4 heteroatoms. The molecule has 3 heterocycles. The molecule has 2 atom stereocenters. The minimum Gasteiger partial charge on any atom is -0.488 e. The fraction of sp³-hybridized carbons (Fsp3) is 0.556. The highest BCUT2D eigenvalue weighted by molar-refractivity contribution is 5.38. The number of nitrogens with zero attached hydrogens (tertiary/aromatic N) is 1. The van der Waals surface area contributed by atoms with E-state index in [4.69, 9.17) is 4.74 Å². The van der Waals surface area contributed by atoms with Crippen molar-refractivity contribution in [2.24, 2.45) is 0 Å². The van der Waals surface area contributed by atoms with Crippen LogP contribution in [0.15, 0.2) is 36.9 Å². The van der Waals surface area contributed by atoms with Crippen LogP contribution in [0.25, 0.3) is 0 Å². The maximum Gasteiger partial charge on any atom is 0.123 e. The molecule has 0 amide bonds. The molecular formula is C18H25N3O. The summed E-state index contributed by atoms with van der Waals surface area (Å²) in [4.78, 5) is 2.55. The molecule has 22 heavy (non-hydrogen) atoms. The zero-order chi connectivity index (χ0) is 15.0. The second-order valence-electron chi connectivity index (χ2n) is 6.79. The predicted octanol–water partition coefficient (Wildman–Crippen LogP) is 1.53. The molecule has 0 aliphatic carbocycles. The zero-order valence-electron chi connectivity index (χ0n) is 13.1. The van der Waals surface area contributed by atoms with E-state index in [9.17, 15) is 0 Å². The van der Waals surface area contributed by atoms with E-state index in [1.54, 1.807) is 0 Å². The van der Waals surface area contributed by atoms with Crippen molar-refractivity contribution in [3.05, 3.63) is 42.5 Å². The molecule has 2 N–H and O–H groups in total. The smallest absolute Gasteiger partial charge is 0.123 e. The van der Waals surface area contributed by atoms with Gasteiger partial charge in [0.25, 0.3) is 0 Å². The predicted molar refractivity (Wildman–Crippen MR) is 88.1 cm³/mol. The number of rotatable bonds is 3. The number of fused-ring (bicyclic) bond motifs is 1. The maximum atomic E-state index is 6.19. The van der Waals surface area contributed by atoms with Crippen LogP contribution in [-0.4, -0.2) is 48.9 Å². The monoisotopic (exact) mass is 299 g/mol. The first kappa shape index (κ1) is 14.2. The summed E-state index contributed by atoms with van der Waals surface area (Å²) in [5, 5.41) is 7.07. The SMILES string of the molecule is C=CC(C1Cc2ccccc2O1)N1CCC2(CC1)CNCN2. The number of piperidine rings is 1. The van der Waals surface area contributed by atoms with Gasteiger partial charge < -0.3 is 10.1 Å². The number of nitrogens with one attached hydrogen (secondary N) is 2. The zero-order valence-corrected chi connectivity index (χ0v) is 13.1. The lowest BCUT2D eigenvalue weighted by Gasteiger charge is -2.42. The van der Waals surface area contributed by atoms with Crippen molar-refractivity contribution >= 4 is 0 Å². The Bertz CT molecular complexity index is 518. The molecule has 3 aliphatic heterocycles. The normalized spacial score (nSPS) is 28.3. The summed E-state index contributed by atoms with van der Waals surface area (Å²) >= 11 is 0. The average molecular weight is 299 g/mol. The van der Waals surface area contributed by atoms with Crippen molar-refractivity contribution in [1.29, 1.82) is 0 Å². The summed E-state index contributed by atoms with van der Waals surface area (Å²) in [6, 6.07) is 8.70. The number of para-hydroxylation sites is 1. The molecule has 2 fully saturated rings.